The molecule has 1 aromatic carbocycles. The van der Waals surface area contributed by atoms with Crippen molar-refractivity contribution in [1.82, 2.24) is 14.9 Å². The highest BCUT2D eigenvalue weighted by Gasteiger charge is 2.11. The number of benzene rings is 1. The average molecular weight is 434 g/mol. The number of aromatic nitrogens is 2. The van der Waals surface area contributed by atoms with Gasteiger partial charge in [-0.05, 0) is 36.2 Å². The van der Waals surface area contributed by atoms with Crippen molar-refractivity contribution in [3.05, 3.63) is 52.1 Å². The van der Waals surface area contributed by atoms with Gasteiger partial charge < -0.3 is 31.7 Å². The summed E-state index contributed by atoms with van der Waals surface area (Å²) in [4.78, 5) is 33.7. The second-order valence-corrected chi connectivity index (χ2v) is 6.36. The van der Waals surface area contributed by atoms with Crippen LogP contribution in [0, 0.1) is 6.92 Å². The summed E-state index contributed by atoms with van der Waals surface area (Å²) in [6, 6.07) is 7.69. The molecule has 1 aromatic heterocycles. The number of carbonyl (C=O) groups excluding carboxylic acids is 1. The second kappa shape index (κ2) is 12.7. The van der Waals surface area contributed by atoms with Crippen LogP contribution in [0.5, 0.6) is 5.75 Å². The normalized spacial score (nSPS) is 9.87. The maximum atomic E-state index is 12.7. The van der Waals surface area contributed by atoms with Crippen LogP contribution in [-0.2, 0) is 22.6 Å². The molecule has 0 saturated carbocycles. The molecule has 2 rings (SSSR count). The van der Waals surface area contributed by atoms with Crippen molar-refractivity contribution < 1.29 is 14.4 Å². The molecule has 0 fully saturated rings. The van der Waals surface area contributed by atoms with Crippen molar-refractivity contribution >= 4 is 17.7 Å². The fourth-order valence-electron chi connectivity index (χ4n) is 2.56. The topological polar surface area (TPSA) is 159 Å². The third-order valence-electron chi connectivity index (χ3n) is 4.11. The lowest BCUT2D eigenvalue weighted by Gasteiger charge is -2.12. The number of nitrogens with two attached hydrogens (primary N) is 2. The molecule has 11 heteroatoms. The number of aryl methyl sites for hydroxylation is 1. The van der Waals surface area contributed by atoms with Gasteiger partial charge in [0, 0.05) is 18.4 Å². The van der Waals surface area contributed by atoms with E-state index in [9.17, 15) is 9.59 Å². The number of oxime groups is 1. The van der Waals surface area contributed by atoms with Crippen LogP contribution in [0.25, 0.3) is 0 Å². The number of nitrogens with zero attached hydrogens (tertiary/aromatic N) is 3. The van der Waals surface area contributed by atoms with Crippen LogP contribution in [0.15, 0.2) is 40.4 Å². The van der Waals surface area contributed by atoms with Gasteiger partial charge in [-0.2, -0.15) is 0 Å². The van der Waals surface area contributed by atoms with E-state index < -0.39 is 0 Å². The Morgan fingerprint density at radius 3 is 2.58 bits per heavy atom. The predicted octanol–water partition coefficient (Wildman–Crippen LogP) is 0.172. The molecule has 0 atom stereocenters. The van der Waals surface area contributed by atoms with Crippen LogP contribution in [0.2, 0.25) is 0 Å². The fraction of sp³-hybridized carbons (Fsp3) is 0.400. The Morgan fingerprint density at radius 1 is 1.23 bits per heavy atom. The molecule has 6 N–H and O–H groups in total. The zero-order valence-corrected chi connectivity index (χ0v) is 17.1. The summed E-state index contributed by atoms with van der Waals surface area (Å²) in [5.41, 5.74) is 11.6. The van der Waals surface area contributed by atoms with Crippen molar-refractivity contribution in [2.45, 2.75) is 27.3 Å². The maximum absolute atomic E-state index is 12.7. The Morgan fingerprint density at radius 2 is 1.94 bits per heavy atom. The summed E-state index contributed by atoms with van der Waals surface area (Å²) in [6.45, 7) is 2.40. The lowest BCUT2D eigenvalue weighted by molar-refractivity contribution is -0.122. The van der Waals surface area contributed by atoms with Gasteiger partial charge >= 0.3 is 0 Å². The van der Waals surface area contributed by atoms with E-state index in [2.05, 4.69) is 20.8 Å². The molecular weight excluding hydrogens is 402 g/mol. The molecule has 170 valence electrons. The Hall–Kier alpha value is -3.76. The molecule has 0 bridgehead atoms. The smallest absolute Gasteiger partial charge is 0.293 e. The fourth-order valence-corrected chi connectivity index (χ4v) is 2.56. The zero-order valence-electron chi connectivity index (χ0n) is 17.1. The minimum absolute atomic E-state index is 0. The third kappa shape index (κ3) is 8.25. The molecule has 0 spiro atoms. The SMILES string of the molecule is C.COc1ccc(CCNc2ncc(C)n(CC(=O)NCCON=C(N)N)c2=O)cc1. The Balaban J connectivity index is 0.00000480. The first kappa shape index (κ1) is 25.3. The van der Waals surface area contributed by atoms with Gasteiger partial charge in [-0.25, -0.2) is 4.98 Å². The van der Waals surface area contributed by atoms with Gasteiger partial charge in [-0.15, -0.1) is 0 Å². The van der Waals surface area contributed by atoms with Crippen LogP contribution >= 0.6 is 0 Å². The predicted molar refractivity (Wildman–Crippen MR) is 120 cm³/mol. The quantitative estimate of drug-likeness (QED) is 0.169. The standard InChI is InChI=1S/C19H27N7O4.CH4/c1-13-11-24-17(23-8-7-14-3-5-15(29-2)6-4-14)18(28)26(13)12-16(27)22-9-10-30-25-19(20)21;/h3-6,11H,7-10,12H2,1-2H3,(H,22,27)(H,23,24)(H4,20,21,25);1H4. The number of hydrogen-bond donors (Lipinski definition) is 4. The lowest BCUT2D eigenvalue weighted by atomic mass is 10.1. The largest absolute Gasteiger partial charge is 0.497 e. The number of carbonyl (C=O) groups is 1. The van der Waals surface area contributed by atoms with Gasteiger partial charge in [0.1, 0.15) is 18.9 Å². The summed E-state index contributed by atoms with van der Waals surface area (Å²) in [5.74, 6) is 0.435. The van der Waals surface area contributed by atoms with Crippen molar-refractivity contribution in [2.75, 3.05) is 32.1 Å². The van der Waals surface area contributed by atoms with E-state index in [1.807, 2.05) is 24.3 Å². The van der Waals surface area contributed by atoms with Crippen molar-refractivity contribution in [1.29, 1.82) is 0 Å². The van der Waals surface area contributed by atoms with Crippen LogP contribution in [0.1, 0.15) is 18.7 Å². The molecule has 11 nitrogen and oxygen atoms in total. The van der Waals surface area contributed by atoms with Gasteiger partial charge in [0.15, 0.2) is 5.82 Å². The molecule has 1 heterocycles. The van der Waals surface area contributed by atoms with E-state index in [4.69, 9.17) is 21.0 Å². The van der Waals surface area contributed by atoms with E-state index in [1.54, 1.807) is 20.2 Å². The summed E-state index contributed by atoms with van der Waals surface area (Å²) >= 11 is 0. The van der Waals surface area contributed by atoms with Gasteiger partial charge in [-0.1, -0.05) is 19.6 Å². The van der Waals surface area contributed by atoms with Crippen LogP contribution in [0.3, 0.4) is 0 Å². The number of hydrogen-bond acceptors (Lipinski definition) is 7. The molecule has 1 amide bonds. The minimum atomic E-state index is -0.364. The van der Waals surface area contributed by atoms with E-state index >= 15 is 0 Å². The molecule has 0 radical (unpaired) electrons. The van der Waals surface area contributed by atoms with E-state index in [-0.39, 0.29) is 50.4 Å². The van der Waals surface area contributed by atoms with Crippen LogP contribution in [0.4, 0.5) is 5.82 Å². The Bertz CT molecular complexity index is 922. The third-order valence-corrected chi connectivity index (χ3v) is 4.11. The summed E-state index contributed by atoms with van der Waals surface area (Å²) in [7, 11) is 1.62. The first-order valence-corrected chi connectivity index (χ1v) is 9.31. The zero-order chi connectivity index (χ0) is 21.9. The molecule has 31 heavy (non-hydrogen) atoms. The molecule has 0 aliphatic rings. The van der Waals surface area contributed by atoms with Gasteiger partial charge in [0.2, 0.25) is 11.9 Å². The number of amides is 1. The Labute approximate surface area is 181 Å². The van der Waals surface area contributed by atoms with Gasteiger partial charge in [0.25, 0.3) is 5.56 Å². The molecule has 0 aliphatic heterocycles. The molecule has 0 unspecified atom stereocenters. The second-order valence-electron chi connectivity index (χ2n) is 6.36. The number of guanidine groups is 1. The van der Waals surface area contributed by atoms with E-state index in [0.717, 1.165) is 11.3 Å². The number of nitrogens with one attached hydrogen (secondary N) is 2. The number of rotatable bonds is 11. The molecule has 2 aromatic rings. The summed E-state index contributed by atoms with van der Waals surface area (Å²) in [5, 5.41) is 9.01. The highest BCUT2D eigenvalue weighted by Crippen LogP contribution is 2.11. The van der Waals surface area contributed by atoms with Crippen LogP contribution < -0.4 is 32.4 Å². The summed E-state index contributed by atoms with van der Waals surface area (Å²) < 4.78 is 6.49. The first-order valence-electron chi connectivity index (χ1n) is 9.31. The first-order chi connectivity index (χ1) is 14.4. The van der Waals surface area contributed by atoms with Crippen molar-refractivity contribution in [3.63, 3.8) is 0 Å². The van der Waals surface area contributed by atoms with E-state index in [0.29, 0.717) is 18.7 Å². The van der Waals surface area contributed by atoms with E-state index in [1.165, 1.54) is 4.57 Å². The molecule has 0 aliphatic carbocycles. The van der Waals surface area contributed by atoms with Gasteiger partial charge in [0.05, 0.1) is 13.7 Å². The highest BCUT2D eigenvalue weighted by molar-refractivity contribution is 5.76. The summed E-state index contributed by atoms with van der Waals surface area (Å²) in [6.07, 6.45) is 2.25. The van der Waals surface area contributed by atoms with Crippen molar-refractivity contribution in [2.24, 2.45) is 16.6 Å². The Kier molecular flexibility index (Phi) is 10.4. The molecular formula is C20H31N7O4. The lowest BCUT2D eigenvalue weighted by Crippen LogP contribution is -2.36. The monoisotopic (exact) mass is 433 g/mol. The van der Waals surface area contributed by atoms with Gasteiger partial charge in [-0.3, -0.25) is 14.2 Å². The van der Waals surface area contributed by atoms with Crippen molar-refractivity contribution in [3.8, 4) is 5.75 Å². The van der Waals surface area contributed by atoms with Crippen LogP contribution in [-0.4, -0.2) is 48.2 Å². The highest BCUT2D eigenvalue weighted by atomic mass is 16.6. The number of methoxy groups -OCH3 is 1. The minimum Gasteiger partial charge on any atom is -0.497 e. The maximum Gasteiger partial charge on any atom is 0.293 e. The molecule has 0 saturated heterocycles. The average Bonchev–Trinajstić information content (AvgIpc) is 2.72. The number of ether oxygens (including phenoxy) is 1. The number of anilines is 1.